The average molecular weight is 153 g/mol. The number of hydrogen-bond donors (Lipinski definition) is 0. The third-order valence-corrected chi connectivity index (χ3v) is 1.53. The molecule has 0 aliphatic carbocycles. The van der Waals surface area contributed by atoms with E-state index in [2.05, 4.69) is 44.1 Å². The van der Waals surface area contributed by atoms with Gasteiger partial charge in [-0.25, -0.2) is 0 Å². The molecule has 0 saturated carbocycles. The van der Waals surface area contributed by atoms with Gasteiger partial charge in [0.15, 0.2) is 0 Å². The van der Waals surface area contributed by atoms with E-state index >= 15 is 0 Å². The molecule has 0 aliphatic heterocycles. The van der Waals surface area contributed by atoms with Crippen molar-refractivity contribution >= 4 is 0 Å². The lowest BCUT2D eigenvalue weighted by Gasteiger charge is -2.08. The van der Waals surface area contributed by atoms with Crippen molar-refractivity contribution in [3.05, 3.63) is 23.8 Å². The van der Waals surface area contributed by atoms with Gasteiger partial charge in [0.2, 0.25) is 0 Å². The molecule has 0 spiro atoms. The van der Waals surface area contributed by atoms with E-state index in [9.17, 15) is 0 Å². The Morgan fingerprint density at radius 2 is 2.00 bits per heavy atom. The molecule has 0 rings (SSSR count). The summed E-state index contributed by atoms with van der Waals surface area (Å²) in [7, 11) is 4.20. The van der Waals surface area contributed by atoms with Gasteiger partial charge in [0.1, 0.15) is 0 Å². The molecule has 0 atom stereocenters. The standard InChI is InChI=1S/C10H19N/c1-5-6-7-10(2)8-9-11(3)4/h5-7H,8-9H2,1-4H3. The van der Waals surface area contributed by atoms with Crippen LogP contribution < -0.4 is 0 Å². The van der Waals surface area contributed by atoms with E-state index in [0.29, 0.717) is 0 Å². The zero-order valence-corrected chi connectivity index (χ0v) is 8.09. The monoisotopic (exact) mass is 153 g/mol. The first-order valence-corrected chi connectivity index (χ1v) is 4.10. The molecular weight excluding hydrogens is 134 g/mol. The van der Waals surface area contributed by atoms with E-state index in [1.165, 1.54) is 5.57 Å². The molecule has 0 unspecified atom stereocenters. The SMILES string of the molecule is CC=CC=C(C)CCN(C)C. The molecule has 1 nitrogen and oxygen atoms in total. The molecule has 64 valence electrons. The minimum atomic E-state index is 1.14. The zero-order chi connectivity index (χ0) is 8.69. The molecule has 0 amide bonds. The predicted molar refractivity (Wildman–Crippen MR) is 51.7 cm³/mol. The Morgan fingerprint density at radius 3 is 2.45 bits per heavy atom. The minimum Gasteiger partial charge on any atom is -0.309 e. The Bertz CT molecular complexity index is 143. The topological polar surface area (TPSA) is 3.24 Å². The number of rotatable bonds is 4. The normalized spacial score (nSPS) is 13.4. The van der Waals surface area contributed by atoms with Crippen LogP contribution in [0.1, 0.15) is 20.3 Å². The molecule has 11 heavy (non-hydrogen) atoms. The molecule has 0 fully saturated rings. The van der Waals surface area contributed by atoms with E-state index < -0.39 is 0 Å². The Kier molecular flexibility index (Phi) is 5.86. The Balaban J connectivity index is 3.59. The van der Waals surface area contributed by atoms with Gasteiger partial charge < -0.3 is 4.90 Å². The number of allylic oxidation sites excluding steroid dienone is 3. The van der Waals surface area contributed by atoms with Gasteiger partial charge in [-0.05, 0) is 34.4 Å². The van der Waals surface area contributed by atoms with Crippen molar-refractivity contribution in [2.75, 3.05) is 20.6 Å². The van der Waals surface area contributed by atoms with Gasteiger partial charge >= 0.3 is 0 Å². The fourth-order valence-corrected chi connectivity index (χ4v) is 0.744. The lowest BCUT2D eigenvalue weighted by atomic mass is 10.2. The summed E-state index contributed by atoms with van der Waals surface area (Å²) in [5.74, 6) is 0. The van der Waals surface area contributed by atoms with Crippen molar-refractivity contribution in [1.29, 1.82) is 0 Å². The number of hydrogen-bond acceptors (Lipinski definition) is 1. The zero-order valence-electron chi connectivity index (χ0n) is 8.09. The molecule has 0 bridgehead atoms. The van der Waals surface area contributed by atoms with Crippen LogP contribution in [-0.4, -0.2) is 25.5 Å². The lowest BCUT2D eigenvalue weighted by molar-refractivity contribution is 0.413. The highest BCUT2D eigenvalue weighted by atomic mass is 15.0. The molecule has 0 radical (unpaired) electrons. The summed E-state index contributed by atoms with van der Waals surface area (Å²) in [5, 5.41) is 0. The van der Waals surface area contributed by atoms with Crippen molar-refractivity contribution in [2.24, 2.45) is 0 Å². The van der Waals surface area contributed by atoms with Crippen molar-refractivity contribution in [2.45, 2.75) is 20.3 Å². The maximum absolute atomic E-state index is 2.20. The maximum atomic E-state index is 2.20. The van der Waals surface area contributed by atoms with Crippen LogP contribution in [0.5, 0.6) is 0 Å². The summed E-state index contributed by atoms with van der Waals surface area (Å²) in [5.41, 5.74) is 1.44. The first-order valence-electron chi connectivity index (χ1n) is 4.10. The Labute approximate surface area is 70.4 Å². The molecular formula is C10H19N. The Hall–Kier alpha value is -0.560. The second-order valence-corrected chi connectivity index (χ2v) is 3.09. The van der Waals surface area contributed by atoms with Crippen molar-refractivity contribution in [3.8, 4) is 0 Å². The van der Waals surface area contributed by atoms with Gasteiger partial charge in [-0.3, -0.25) is 0 Å². The van der Waals surface area contributed by atoms with Crippen LogP contribution in [0.25, 0.3) is 0 Å². The summed E-state index contributed by atoms with van der Waals surface area (Å²) in [6.07, 6.45) is 7.48. The van der Waals surface area contributed by atoms with E-state index in [0.717, 1.165) is 13.0 Å². The van der Waals surface area contributed by atoms with E-state index in [1.54, 1.807) is 0 Å². The molecule has 0 aromatic carbocycles. The highest BCUT2D eigenvalue weighted by molar-refractivity contribution is 5.09. The Morgan fingerprint density at radius 1 is 1.36 bits per heavy atom. The second kappa shape index (κ2) is 6.17. The van der Waals surface area contributed by atoms with Crippen molar-refractivity contribution in [3.63, 3.8) is 0 Å². The fraction of sp³-hybridized carbons (Fsp3) is 0.600. The first kappa shape index (κ1) is 10.4. The summed E-state index contributed by atoms with van der Waals surface area (Å²) in [4.78, 5) is 2.20. The molecule has 0 saturated heterocycles. The summed E-state index contributed by atoms with van der Waals surface area (Å²) in [6, 6.07) is 0. The van der Waals surface area contributed by atoms with Gasteiger partial charge in [-0.2, -0.15) is 0 Å². The summed E-state index contributed by atoms with van der Waals surface area (Å²) >= 11 is 0. The molecule has 0 N–H and O–H groups in total. The predicted octanol–water partition coefficient (Wildman–Crippen LogP) is 2.46. The quantitative estimate of drug-likeness (QED) is 0.561. The van der Waals surface area contributed by atoms with Crippen LogP contribution in [0.4, 0.5) is 0 Å². The lowest BCUT2D eigenvalue weighted by Crippen LogP contribution is -2.12. The van der Waals surface area contributed by atoms with Gasteiger partial charge in [0.25, 0.3) is 0 Å². The van der Waals surface area contributed by atoms with E-state index in [1.807, 2.05) is 6.92 Å². The smallest absolute Gasteiger partial charge is 0.00125 e. The third kappa shape index (κ3) is 7.34. The van der Waals surface area contributed by atoms with Crippen LogP contribution in [0, 0.1) is 0 Å². The van der Waals surface area contributed by atoms with Crippen molar-refractivity contribution in [1.82, 2.24) is 4.90 Å². The molecule has 0 aliphatic rings. The molecule has 0 aromatic heterocycles. The largest absolute Gasteiger partial charge is 0.309 e. The van der Waals surface area contributed by atoms with Crippen LogP contribution in [0.3, 0.4) is 0 Å². The average Bonchev–Trinajstić information content (AvgIpc) is 1.97. The third-order valence-electron chi connectivity index (χ3n) is 1.53. The first-order chi connectivity index (χ1) is 5.16. The second-order valence-electron chi connectivity index (χ2n) is 3.09. The minimum absolute atomic E-state index is 1.14. The van der Waals surface area contributed by atoms with E-state index in [4.69, 9.17) is 0 Å². The van der Waals surface area contributed by atoms with Crippen LogP contribution >= 0.6 is 0 Å². The van der Waals surface area contributed by atoms with Gasteiger partial charge in [-0.1, -0.05) is 23.8 Å². The highest BCUT2D eigenvalue weighted by Gasteiger charge is 1.90. The molecule has 1 heteroatoms. The van der Waals surface area contributed by atoms with Crippen molar-refractivity contribution < 1.29 is 0 Å². The van der Waals surface area contributed by atoms with Crippen LogP contribution in [0.15, 0.2) is 23.8 Å². The summed E-state index contributed by atoms with van der Waals surface area (Å²) < 4.78 is 0. The fourth-order valence-electron chi connectivity index (χ4n) is 0.744. The maximum Gasteiger partial charge on any atom is 0.00125 e. The van der Waals surface area contributed by atoms with E-state index in [-0.39, 0.29) is 0 Å². The highest BCUT2D eigenvalue weighted by Crippen LogP contribution is 1.99. The molecule has 0 heterocycles. The van der Waals surface area contributed by atoms with Gasteiger partial charge in [-0.15, -0.1) is 0 Å². The number of nitrogens with zero attached hydrogens (tertiary/aromatic N) is 1. The summed E-state index contributed by atoms with van der Waals surface area (Å²) in [6.45, 7) is 5.35. The van der Waals surface area contributed by atoms with Crippen LogP contribution in [-0.2, 0) is 0 Å². The van der Waals surface area contributed by atoms with Crippen LogP contribution in [0.2, 0.25) is 0 Å². The van der Waals surface area contributed by atoms with Gasteiger partial charge in [0, 0.05) is 6.54 Å². The molecule has 0 aromatic rings. The van der Waals surface area contributed by atoms with Gasteiger partial charge in [0.05, 0.1) is 0 Å².